The molecule has 1 atom stereocenters. The van der Waals surface area contributed by atoms with E-state index in [2.05, 4.69) is 10.3 Å². The van der Waals surface area contributed by atoms with Gasteiger partial charge in [-0.15, -0.1) is 0 Å². The Bertz CT molecular complexity index is 684. The van der Waals surface area contributed by atoms with Gasteiger partial charge in [0, 0.05) is 11.6 Å². The number of carbonyl (C=O) groups is 1. The molecule has 1 aliphatic rings. The number of hydrogen-bond acceptors (Lipinski definition) is 6. The van der Waals surface area contributed by atoms with E-state index >= 15 is 0 Å². The lowest BCUT2D eigenvalue weighted by atomic mass is 10.1. The fourth-order valence-corrected chi connectivity index (χ4v) is 1.97. The van der Waals surface area contributed by atoms with E-state index in [1.807, 2.05) is 0 Å². The second-order valence-corrected chi connectivity index (χ2v) is 4.18. The number of aromatic nitrogens is 1. The average Bonchev–Trinajstić information content (AvgIpc) is 2.77. The maximum Gasteiger partial charge on any atom is 0.340 e. The van der Waals surface area contributed by atoms with Crippen molar-refractivity contribution in [2.75, 3.05) is 5.32 Å². The smallest absolute Gasteiger partial charge is 0.340 e. The molecule has 100 valence electrons. The summed E-state index contributed by atoms with van der Waals surface area (Å²) in [5.74, 6) is -0.00915. The first kappa shape index (κ1) is 12.1. The molecule has 0 saturated carbocycles. The van der Waals surface area contributed by atoms with E-state index in [9.17, 15) is 14.9 Å². The Morgan fingerprint density at radius 1 is 1.25 bits per heavy atom. The molecule has 7 heteroatoms. The van der Waals surface area contributed by atoms with Crippen LogP contribution >= 0.6 is 0 Å². The summed E-state index contributed by atoms with van der Waals surface area (Å²) in [4.78, 5) is 25.6. The first-order chi connectivity index (χ1) is 9.65. The van der Waals surface area contributed by atoms with E-state index in [0.29, 0.717) is 11.4 Å². The molecule has 0 fully saturated rings. The van der Waals surface area contributed by atoms with E-state index in [0.717, 1.165) is 11.8 Å². The van der Waals surface area contributed by atoms with Gasteiger partial charge in [0.25, 0.3) is 5.69 Å². The van der Waals surface area contributed by atoms with Gasteiger partial charge < -0.3 is 10.1 Å². The first-order valence-electron chi connectivity index (χ1n) is 5.82. The van der Waals surface area contributed by atoms with Gasteiger partial charge >= 0.3 is 5.97 Å². The summed E-state index contributed by atoms with van der Waals surface area (Å²) in [7, 11) is 0. The summed E-state index contributed by atoms with van der Waals surface area (Å²) in [5.41, 5.74) is 1.13. The third-order valence-corrected chi connectivity index (χ3v) is 2.93. The van der Waals surface area contributed by atoms with Crippen LogP contribution in [0.3, 0.4) is 0 Å². The molecule has 3 rings (SSSR count). The zero-order valence-electron chi connectivity index (χ0n) is 10.1. The number of anilines is 1. The number of benzene rings is 1. The molecule has 2 aromatic rings. The molecule has 0 amide bonds. The second kappa shape index (κ2) is 4.61. The van der Waals surface area contributed by atoms with Gasteiger partial charge in [0.15, 0.2) is 0 Å². The number of ether oxygens (including phenoxy) is 1. The number of cyclic esters (lactones) is 1. The lowest BCUT2D eigenvalue weighted by molar-refractivity contribution is -0.385. The van der Waals surface area contributed by atoms with Crippen LogP contribution in [0.25, 0.3) is 0 Å². The van der Waals surface area contributed by atoms with Crippen LogP contribution < -0.4 is 5.32 Å². The molecule has 1 unspecified atom stereocenters. The van der Waals surface area contributed by atoms with Crippen LogP contribution in [0.15, 0.2) is 42.6 Å². The van der Waals surface area contributed by atoms with Gasteiger partial charge in [-0.25, -0.2) is 9.78 Å². The number of nitrogens with one attached hydrogen (secondary N) is 1. The van der Waals surface area contributed by atoms with Crippen LogP contribution in [-0.4, -0.2) is 15.9 Å². The number of fused-ring (bicyclic) bond motifs is 1. The normalized spacial score (nSPS) is 16.4. The van der Waals surface area contributed by atoms with Gasteiger partial charge in [0.05, 0.1) is 10.5 Å². The van der Waals surface area contributed by atoms with Crippen molar-refractivity contribution in [3.63, 3.8) is 0 Å². The minimum Gasteiger partial charge on any atom is -0.434 e. The lowest BCUT2D eigenvalue weighted by Gasteiger charge is -2.13. The molecule has 1 aliphatic heterocycles. The molecular weight excluding hydrogens is 262 g/mol. The van der Waals surface area contributed by atoms with Gasteiger partial charge in [-0.05, 0) is 12.1 Å². The first-order valence-corrected chi connectivity index (χ1v) is 5.82. The molecule has 7 nitrogen and oxygen atoms in total. The van der Waals surface area contributed by atoms with Crippen molar-refractivity contribution in [1.29, 1.82) is 0 Å². The van der Waals surface area contributed by atoms with E-state index in [-0.39, 0.29) is 5.69 Å². The maximum atomic E-state index is 11.6. The van der Waals surface area contributed by atoms with Crippen LogP contribution in [-0.2, 0) is 4.74 Å². The molecule has 1 aromatic carbocycles. The largest absolute Gasteiger partial charge is 0.434 e. The van der Waals surface area contributed by atoms with Crippen LogP contribution in [0.1, 0.15) is 22.1 Å². The minimum atomic E-state index is -0.632. The molecule has 0 spiro atoms. The summed E-state index contributed by atoms with van der Waals surface area (Å²) in [6.45, 7) is 0. The van der Waals surface area contributed by atoms with Crippen LogP contribution in [0, 0.1) is 10.1 Å². The summed E-state index contributed by atoms with van der Waals surface area (Å²) >= 11 is 0. The molecule has 0 bridgehead atoms. The number of esters is 1. The van der Waals surface area contributed by atoms with E-state index in [4.69, 9.17) is 4.74 Å². The Morgan fingerprint density at radius 2 is 2.05 bits per heavy atom. The van der Waals surface area contributed by atoms with Crippen molar-refractivity contribution in [2.45, 2.75) is 6.23 Å². The zero-order chi connectivity index (χ0) is 14.1. The highest BCUT2D eigenvalue weighted by molar-refractivity contribution is 5.94. The predicted octanol–water partition coefficient (Wildman–Crippen LogP) is 2.27. The third-order valence-electron chi connectivity index (χ3n) is 2.93. The van der Waals surface area contributed by atoms with Gasteiger partial charge in [-0.1, -0.05) is 18.2 Å². The lowest BCUT2D eigenvalue weighted by Crippen LogP contribution is -2.11. The molecule has 0 aliphatic carbocycles. The van der Waals surface area contributed by atoms with Crippen LogP contribution in [0.5, 0.6) is 0 Å². The number of pyridine rings is 1. The van der Waals surface area contributed by atoms with Crippen molar-refractivity contribution < 1.29 is 14.5 Å². The molecule has 0 radical (unpaired) electrons. The molecule has 20 heavy (non-hydrogen) atoms. The highest BCUT2D eigenvalue weighted by Gasteiger charge is 2.30. The fourth-order valence-electron chi connectivity index (χ4n) is 1.97. The standard InChI is InChI=1S/C13H9N3O4/c17-13-10-4-2-1-3-9(10)12(20-13)15-11-6-5-8(7-14-11)16(18)19/h1-7,12H,(H,14,15). The molecule has 2 heterocycles. The second-order valence-electron chi connectivity index (χ2n) is 4.18. The number of carbonyl (C=O) groups excluding carboxylic acids is 1. The highest BCUT2D eigenvalue weighted by atomic mass is 16.6. The SMILES string of the molecule is O=C1OC(Nc2ccc([N+](=O)[O-])cn2)c2ccccc21. The number of rotatable bonds is 3. The molecule has 1 N–H and O–H groups in total. The molecule has 0 saturated heterocycles. The summed E-state index contributed by atoms with van der Waals surface area (Å²) < 4.78 is 5.19. The topological polar surface area (TPSA) is 94.4 Å². The Balaban J connectivity index is 1.82. The van der Waals surface area contributed by atoms with Crippen molar-refractivity contribution in [3.8, 4) is 0 Å². The van der Waals surface area contributed by atoms with Crippen molar-refractivity contribution >= 4 is 17.5 Å². The highest BCUT2D eigenvalue weighted by Crippen LogP contribution is 2.30. The van der Waals surface area contributed by atoms with E-state index in [1.54, 1.807) is 24.3 Å². The fraction of sp³-hybridized carbons (Fsp3) is 0.0769. The Morgan fingerprint density at radius 3 is 2.75 bits per heavy atom. The Labute approximate surface area is 113 Å². The van der Waals surface area contributed by atoms with Crippen molar-refractivity contribution in [1.82, 2.24) is 4.98 Å². The number of nitrogens with zero attached hydrogens (tertiary/aromatic N) is 2. The quantitative estimate of drug-likeness (QED) is 0.522. The van der Waals surface area contributed by atoms with Gasteiger partial charge in [-0.2, -0.15) is 0 Å². The Hall–Kier alpha value is -2.96. The van der Waals surface area contributed by atoms with E-state index < -0.39 is 17.1 Å². The summed E-state index contributed by atoms with van der Waals surface area (Å²) in [6, 6.07) is 9.82. The maximum absolute atomic E-state index is 11.6. The predicted molar refractivity (Wildman–Crippen MR) is 69.1 cm³/mol. The Kier molecular flexibility index (Phi) is 2.79. The van der Waals surface area contributed by atoms with Crippen molar-refractivity contribution in [3.05, 3.63) is 63.8 Å². The van der Waals surface area contributed by atoms with Gasteiger partial charge in [0.2, 0.25) is 6.23 Å². The van der Waals surface area contributed by atoms with Gasteiger partial charge in [0.1, 0.15) is 12.0 Å². The minimum absolute atomic E-state index is 0.0978. The van der Waals surface area contributed by atoms with Crippen LogP contribution in [0.4, 0.5) is 11.5 Å². The summed E-state index contributed by atoms with van der Waals surface area (Å²) in [5, 5.41) is 13.5. The van der Waals surface area contributed by atoms with Crippen LogP contribution in [0.2, 0.25) is 0 Å². The average molecular weight is 271 g/mol. The molecule has 1 aromatic heterocycles. The monoisotopic (exact) mass is 271 g/mol. The van der Waals surface area contributed by atoms with Crippen molar-refractivity contribution in [2.24, 2.45) is 0 Å². The van der Waals surface area contributed by atoms with Gasteiger partial charge in [-0.3, -0.25) is 10.1 Å². The molecular formula is C13H9N3O4. The van der Waals surface area contributed by atoms with E-state index in [1.165, 1.54) is 12.1 Å². The summed E-state index contributed by atoms with van der Waals surface area (Å²) in [6.07, 6.45) is 0.512. The zero-order valence-corrected chi connectivity index (χ0v) is 10.1. The number of nitro groups is 1. The third kappa shape index (κ3) is 2.05. The number of hydrogen-bond donors (Lipinski definition) is 1.